The van der Waals surface area contributed by atoms with Crippen LogP contribution in [0.5, 0.6) is 5.75 Å². The highest BCUT2D eigenvalue weighted by atomic mass is 19.1. The second-order valence-electron chi connectivity index (χ2n) is 5.66. The van der Waals surface area contributed by atoms with Crippen molar-refractivity contribution in [2.24, 2.45) is 11.7 Å². The van der Waals surface area contributed by atoms with Gasteiger partial charge in [-0.25, -0.2) is 8.78 Å². The molecule has 0 radical (unpaired) electrons. The molecule has 1 rings (SSSR count). The fourth-order valence-electron chi connectivity index (χ4n) is 2.40. The van der Waals surface area contributed by atoms with Gasteiger partial charge in [0, 0.05) is 6.07 Å². The summed E-state index contributed by atoms with van der Waals surface area (Å²) >= 11 is 0. The second kappa shape index (κ2) is 8.82. The Morgan fingerprint density at radius 1 is 1.22 bits per heavy atom. The second-order valence-corrected chi connectivity index (χ2v) is 5.66. The molecule has 0 aromatic heterocycles. The fraction of sp³-hybridized carbons (Fsp3) is 0.588. The Kier molecular flexibility index (Phi) is 7.42. The molecule has 0 saturated carbocycles. The maximum atomic E-state index is 13.8. The molecule has 0 spiro atoms. The molecule has 0 amide bonds. The first-order valence-corrected chi connectivity index (χ1v) is 7.87. The topological polar surface area (TPSA) is 61.5 Å². The first kappa shape index (κ1) is 19.4. The van der Waals surface area contributed by atoms with Crippen molar-refractivity contribution in [3.05, 3.63) is 29.8 Å². The lowest BCUT2D eigenvalue weighted by atomic mass is 9.93. The van der Waals surface area contributed by atoms with Gasteiger partial charge in [-0.2, -0.15) is 0 Å². The number of hydrogen-bond donors (Lipinski definition) is 1. The predicted octanol–water partition coefficient (Wildman–Crippen LogP) is 3.43. The molecule has 0 aliphatic rings. The summed E-state index contributed by atoms with van der Waals surface area (Å²) in [4.78, 5) is 11.7. The number of carbonyl (C=O) groups excluding carboxylic acids is 1. The van der Waals surface area contributed by atoms with E-state index in [-0.39, 0.29) is 11.7 Å². The van der Waals surface area contributed by atoms with Crippen molar-refractivity contribution in [2.45, 2.75) is 58.8 Å². The Morgan fingerprint density at radius 2 is 1.83 bits per heavy atom. The Morgan fingerprint density at radius 3 is 2.35 bits per heavy atom. The maximum Gasteiger partial charge on any atom is 0.323 e. The van der Waals surface area contributed by atoms with Gasteiger partial charge >= 0.3 is 5.97 Å². The van der Waals surface area contributed by atoms with E-state index in [2.05, 4.69) is 0 Å². The highest BCUT2D eigenvalue weighted by Gasteiger charge is 2.31. The van der Waals surface area contributed by atoms with Crippen molar-refractivity contribution in [2.75, 3.05) is 0 Å². The fourth-order valence-corrected chi connectivity index (χ4v) is 2.40. The zero-order valence-electron chi connectivity index (χ0n) is 14.0. The Bertz CT molecular complexity index is 519. The smallest absolute Gasteiger partial charge is 0.323 e. The van der Waals surface area contributed by atoms with E-state index in [0.717, 1.165) is 31.0 Å². The van der Waals surface area contributed by atoms with Crippen molar-refractivity contribution in [3.63, 3.8) is 0 Å². The van der Waals surface area contributed by atoms with Crippen LogP contribution in [0, 0.1) is 17.6 Å². The minimum Gasteiger partial charge on any atom is -0.483 e. The summed E-state index contributed by atoms with van der Waals surface area (Å²) in [5.74, 6) is -1.98. The molecular weight excluding hydrogens is 304 g/mol. The normalized spacial score (nSPS) is 15.1. The van der Waals surface area contributed by atoms with E-state index < -0.39 is 35.9 Å². The van der Waals surface area contributed by atoms with Crippen LogP contribution in [0.25, 0.3) is 0 Å². The number of ether oxygens (including phenoxy) is 2. The first-order valence-electron chi connectivity index (χ1n) is 7.87. The maximum absolute atomic E-state index is 13.8. The molecular formula is C17H25F2NO3. The average molecular weight is 329 g/mol. The summed E-state index contributed by atoms with van der Waals surface area (Å²) in [7, 11) is 0. The van der Waals surface area contributed by atoms with Crippen LogP contribution in [0.15, 0.2) is 18.2 Å². The highest BCUT2D eigenvalue weighted by molar-refractivity contribution is 5.75. The first-order chi connectivity index (χ1) is 10.8. The van der Waals surface area contributed by atoms with Crippen molar-refractivity contribution in [1.29, 1.82) is 0 Å². The number of carbonyl (C=O) groups is 1. The lowest BCUT2D eigenvalue weighted by Crippen LogP contribution is -2.42. The molecule has 4 nitrogen and oxygen atoms in total. The van der Waals surface area contributed by atoms with Gasteiger partial charge < -0.3 is 15.2 Å². The Balaban J connectivity index is 3.00. The van der Waals surface area contributed by atoms with E-state index in [1.807, 2.05) is 13.8 Å². The molecule has 0 bridgehead atoms. The molecule has 130 valence electrons. The third-order valence-electron chi connectivity index (χ3n) is 3.81. The summed E-state index contributed by atoms with van der Waals surface area (Å²) in [6, 6.07) is 2.26. The summed E-state index contributed by atoms with van der Waals surface area (Å²) < 4.78 is 38.1. The molecule has 2 N–H and O–H groups in total. The monoisotopic (exact) mass is 329 g/mol. The van der Waals surface area contributed by atoms with E-state index in [4.69, 9.17) is 15.2 Å². The number of nitrogens with two attached hydrogens (primary N) is 1. The summed E-state index contributed by atoms with van der Waals surface area (Å²) in [5.41, 5.74) is 5.50. The van der Waals surface area contributed by atoms with Crippen LogP contribution in [0.3, 0.4) is 0 Å². The van der Waals surface area contributed by atoms with Gasteiger partial charge in [0.05, 0.1) is 0 Å². The minimum absolute atomic E-state index is 0.0218. The molecule has 0 aliphatic carbocycles. The highest BCUT2D eigenvalue weighted by Crippen LogP contribution is 2.27. The van der Waals surface area contributed by atoms with Gasteiger partial charge in [0.25, 0.3) is 0 Å². The molecule has 0 heterocycles. The zero-order chi connectivity index (χ0) is 17.6. The van der Waals surface area contributed by atoms with Gasteiger partial charge in [-0.1, -0.05) is 13.8 Å². The lowest BCUT2D eigenvalue weighted by molar-refractivity contribution is -0.155. The molecule has 0 aliphatic heterocycles. The van der Waals surface area contributed by atoms with Crippen LogP contribution < -0.4 is 10.5 Å². The van der Waals surface area contributed by atoms with Crippen LogP contribution in [-0.4, -0.2) is 24.2 Å². The van der Waals surface area contributed by atoms with Gasteiger partial charge in [0.1, 0.15) is 24.1 Å². The quantitative estimate of drug-likeness (QED) is 0.742. The lowest BCUT2D eigenvalue weighted by Gasteiger charge is -2.31. The number of halogens is 2. The van der Waals surface area contributed by atoms with Crippen LogP contribution in [0.2, 0.25) is 0 Å². The molecule has 3 atom stereocenters. The van der Waals surface area contributed by atoms with E-state index >= 15 is 0 Å². The van der Waals surface area contributed by atoms with E-state index in [0.29, 0.717) is 0 Å². The molecule has 1 aromatic carbocycles. The van der Waals surface area contributed by atoms with Crippen LogP contribution >= 0.6 is 0 Å². The van der Waals surface area contributed by atoms with Crippen molar-refractivity contribution in [1.82, 2.24) is 0 Å². The Hall–Kier alpha value is -1.69. The SMILES string of the molecule is CCC(CC)[C@@H](Oc1cc(F)ccc1F)[C@H](C)OC(=O)[C@H](C)N. The van der Waals surface area contributed by atoms with Gasteiger partial charge in [-0.05, 0) is 44.7 Å². The number of hydrogen-bond acceptors (Lipinski definition) is 4. The van der Waals surface area contributed by atoms with Gasteiger partial charge in [-0.15, -0.1) is 0 Å². The molecule has 0 fully saturated rings. The number of rotatable bonds is 8. The van der Waals surface area contributed by atoms with E-state index in [9.17, 15) is 13.6 Å². The third kappa shape index (κ3) is 5.46. The largest absolute Gasteiger partial charge is 0.483 e. The van der Waals surface area contributed by atoms with Crippen molar-refractivity contribution < 1.29 is 23.0 Å². The van der Waals surface area contributed by atoms with Gasteiger partial charge in [0.2, 0.25) is 0 Å². The molecule has 1 aromatic rings. The number of benzene rings is 1. The van der Waals surface area contributed by atoms with Crippen molar-refractivity contribution >= 4 is 5.97 Å². The summed E-state index contributed by atoms with van der Waals surface area (Å²) in [6.07, 6.45) is 0.265. The van der Waals surface area contributed by atoms with Crippen LogP contribution in [0.1, 0.15) is 40.5 Å². The standard InChI is InChI=1S/C17H25F2NO3/c1-5-12(6-2)16(11(4)22-17(21)10(3)20)23-15-9-13(18)7-8-14(15)19/h7-12,16H,5-6,20H2,1-4H3/t10-,11-,16-/m0/s1. The van der Waals surface area contributed by atoms with Gasteiger partial charge in [-0.3, -0.25) is 4.79 Å². The molecule has 0 saturated heterocycles. The van der Waals surface area contributed by atoms with Crippen molar-refractivity contribution in [3.8, 4) is 5.75 Å². The van der Waals surface area contributed by atoms with Crippen LogP contribution in [0.4, 0.5) is 8.78 Å². The number of esters is 1. The predicted molar refractivity (Wildman–Crippen MR) is 84.0 cm³/mol. The third-order valence-corrected chi connectivity index (χ3v) is 3.81. The zero-order valence-corrected chi connectivity index (χ0v) is 14.0. The van der Waals surface area contributed by atoms with Gasteiger partial charge in [0.15, 0.2) is 11.6 Å². The molecule has 6 heteroatoms. The summed E-state index contributed by atoms with van der Waals surface area (Å²) in [6.45, 7) is 7.12. The van der Waals surface area contributed by atoms with Crippen LogP contribution in [-0.2, 0) is 9.53 Å². The Labute approximate surface area is 136 Å². The van der Waals surface area contributed by atoms with E-state index in [1.54, 1.807) is 6.92 Å². The minimum atomic E-state index is -0.759. The molecule has 0 unspecified atom stereocenters. The average Bonchev–Trinajstić information content (AvgIpc) is 2.50. The summed E-state index contributed by atoms with van der Waals surface area (Å²) in [5, 5.41) is 0. The van der Waals surface area contributed by atoms with E-state index in [1.165, 1.54) is 6.92 Å². The molecule has 23 heavy (non-hydrogen) atoms.